The van der Waals surface area contributed by atoms with Gasteiger partial charge in [-0.3, -0.25) is 4.79 Å². The molecule has 1 aliphatic carbocycles. The number of nitrogens with two attached hydrogens (primary N) is 1. The standard InChI is InChI=1S/C14H19NO3/c1-14(2,3)18-12-8-9(13(15)16)4-7-11(12)17-10-5-6-10/h4,7-8,10H,5-6H2,1-3H3,(H2,15,16). The first-order valence-corrected chi connectivity index (χ1v) is 6.15. The fourth-order valence-electron chi connectivity index (χ4n) is 1.53. The molecule has 1 aliphatic rings. The van der Waals surface area contributed by atoms with Crippen LogP contribution in [-0.4, -0.2) is 17.6 Å². The monoisotopic (exact) mass is 249 g/mol. The summed E-state index contributed by atoms with van der Waals surface area (Å²) >= 11 is 0. The molecule has 1 aromatic rings. The lowest BCUT2D eigenvalue weighted by Gasteiger charge is -2.23. The molecule has 0 spiro atoms. The van der Waals surface area contributed by atoms with Crippen LogP contribution < -0.4 is 15.2 Å². The lowest BCUT2D eigenvalue weighted by molar-refractivity contribution is 0.0995. The molecule has 98 valence electrons. The Morgan fingerprint density at radius 1 is 1.28 bits per heavy atom. The molecule has 1 saturated carbocycles. The molecular formula is C14H19NO3. The van der Waals surface area contributed by atoms with E-state index >= 15 is 0 Å². The number of carbonyl (C=O) groups is 1. The summed E-state index contributed by atoms with van der Waals surface area (Å²) in [6, 6.07) is 5.06. The summed E-state index contributed by atoms with van der Waals surface area (Å²) in [5, 5.41) is 0. The summed E-state index contributed by atoms with van der Waals surface area (Å²) in [6.07, 6.45) is 2.44. The Kier molecular flexibility index (Phi) is 3.20. The summed E-state index contributed by atoms with van der Waals surface area (Å²) in [4.78, 5) is 11.2. The van der Waals surface area contributed by atoms with Crippen LogP contribution >= 0.6 is 0 Å². The van der Waals surface area contributed by atoms with Crippen LogP contribution in [0.1, 0.15) is 44.0 Å². The molecule has 4 heteroatoms. The summed E-state index contributed by atoms with van der Waals surface area (Å²) in [7, 11) is 0. The molecule has 0 aromatic heterocycles. The Morgan fingerprint density at radius 2 is 1.94 bits per heavy atom. The van der Waals surface area contributed by atoms with Crippen molar-refractivity contribution in [2.24, 2.45) is 5.73 Å². The van der Waals surface area contributed by atoms with Crippen molar-refractivity contribution in [2.45, 2.75) is 45.3 Å². The third-order valence-electron chi connectivity index (χ3n) is 2.46. The van der Waals surface area contributed by atoms with Crippen LogP contribution in [0.15, 0.2) is 18.2 Å². The van der Waals surface area contributed by atoms with Crippen molar-refractivity contribution in [1.29, 1.82) is 0 Å². The number of amides is 1. The molecule has 0 bridgehead atoms. The van der Waals surface area contributed by atoms with Crippen LogP contribution in [0.2, 0.25) is 0 Å². The van der Waals surface area contributed by atoms with E-state index in [1.807, 2.05) is 20.8 Å². The lowest BCUT2D eigenvalue weighted by atomic mass is 10.1. The third-order valence-corrected chi connectivity index (χ3v) is 2.46. The normalized spacial score (nSPS) is 15.3. The second-order valence-corrected chi connectivity index (χ2v) is 5.56. The molecule has 2 rings (SSSR count). The van der Waals surface area contributed by atoms with E-state index < -0.39 is 5.91 Å². The van der Waals surface area contributed by atoms with E-state index in [1.165, 1.54) is 0 Å². The molecule has 0 radical (unpaired) electrons. The minimum Gasteiger partial charge on any atom is -0.487 e. The van der Waals surface area contributed by atoms with Crippen molar-refractivity contribution in [2.75, 3.05) is 0 Å². The van der Waals surface area contributed by atoms with E-state index in [4.69, 9.17) is 15.2 Å². The summed E-state index contributed by atoms with van der Waals surface area (Å²) in [5.74, 6) is 0.787. The number of benzene rings is 1. The van der Waals surface area contributed by atoms with Crippen LogP contribution in [0.4, 0.5) is 0 Å². The molecule has 4 nitrogen and oxygen atoms in total. The van der Waals surface area contributed by atoms with E-state index in [-0.39, 0.29) is 11.7 Å². The summed E-state index contributed by atoms with van der Waals surface area (Å²) in [6.45, 7) is 5.85. The molecule has 0 heterocycles. The molecule has 1 amide bonds. The smallest absolute Gasteiger partial charge is 0.248 e. The van der Waals surface area contributed by atoms with Crippen molar-refractivity contribution in [3.8, 4) is 11.5 Å². The van der Waals surface area contributed by atoms with Gasteiger partial charge in [0.2, 0.25) is 5.91 Å². The van der Waals surface area contributed by atoms with Gasteiger partial charge in [0.1, 0.15) is 5.60 Å². The zero-order valence-electron chi connectivity index (χ0n) is 11.0. The number of primary amides is 1. The van der Waals surface area contributed by atoms with Crippen LogP contribution in [0, 0.1) is 0 Å². The van der Waals surface area contributed by atoms with Gasteiger partial charge in [0.05, 0.1) is 6.10 Å². The van der Waals surface area contributed by atoms with Crippen LogP contribution in [0.3, 0.4) is 0 Å². The maximum atomic E-state index is 11.2. The first kappa shape index (κ1) is 12.7. The molecule has 1 fully saturated rings. The Bertz CT molecular complexity index is 459. The topological polar surface area (TPSA) is 61.5 Å². The van der Waals surface area contributed by atoms with E-state index in [2.05, 4.69) is 0 Å². The molecular weight excluding hydrogens is 230 g/mol. The summed E-state index contributed by atoms with van der Waals surface area (Å²) in [5.41, 5.74) is 5.35. The van der Waals surface area contributed by atoms with Gasteiger partial charge in [-0.1, -0.05) is 0 Å². The third kappa shape index (κ3) is 3.39. The van der Waals surface area contributed by atoms with Crippen LogP contribution in [0.5, 0.6) is 11.5 Å². The van der Waals surface area contributed by atoms with Crippen molar-refractivity contribution in [3.05, 3.63) is 23.8 Å². The average molecular weight is 249 g/mol. The number of hydrogen-bond donors (Lipinski definition) is 1. The van der Waals surface area contributed by atoms with Crippen molar-refractivity contribution < 1.29 is 14.3 Å². The highest BCUT2D eigenvalue weighted by Gasteiger charge is 2.26. The summed E-state index contributed by atoms with van der Waals surface area (Å²) < 4.78 is 11.6. The fraction of sp³-hybridized carbons (Fsp3) is 0.500. The van der Waals surface area contributed by atoms with Gasteiger partial charge in [0, 0.05) is 5.56 Å². The van der Waals surface area contributed by atoms with E-state index in [1.54, 1.807) is 18.2 Å². The molecule has 0 aliphatic heterocycles. The van der Waals surface area contributed by atoms with E-state index in [9.17, 15) is 4.79 Å². The van der Waals surface area contributed by atoms with Crippen LogP contribution in [0.25, 0.3) is 0 Å². The Balaban J connectivity index is 2.29. The predicted octanol–water partition coefficient (Wildman–Crippen LogP) is 2.50. The zero-order chi connectivity index (χ0) is 13.3. The minimum absolute atomic E-state index is 0.284. The van der Waals surface area contributed by atoms with E-state index in [0.29, 0.717) is 17.1 Å². The Morgan fingerprint density at radius 3 is 2.44 bits per heavy atom. The first-order chi connectivity index (χ1) is 8.35. The van der Waals surface area contributed by atoms with Crippen LogP contribution in [-0.2, 0) is 0 Å². The highest BCUT2D eigenvalue weighted by Crippen LogP contribution is 2.36. The van der Waals surface area contributed by atoms with E-state index in [0.717, 1.165) is 12.8 Å². The molecule has 18 heavy (non-hydrogen) atoms. The Labute approximate surface area is 107 Å². The number of carbonyl (C=O) groups excluding carboxylic acids is 1. The van der Waals surface area contributed by atoms with Gasteiger partial charge in [-0.05, 0) is 51.8 Å². The second-order valence-electron chi connectivity index (χ2n) is 5.56. The highest BCUT2D eigenvalue weighted by molar-refractivity contribution is 5.93. The lowest BCUT2D eigenvalue weighted by Crippen LogP contribution is -2.24. The molecule has 0 atom stereocenters. The maximum Gasteiger partial charge on any atom is 0.248 e. The molecule has 0 unspecified atom stereocenters. The maximum absolute atomic E-state index is 11.2. The van der Waals surface area contributed by atoms with Gasteiger partial charge in [-0.25, -0.2) is 0 Å². The quantitative estimate of drug-likeness (QED) is 0.891. The fourth-order valence-corrected chi connectivity index (χ4v) is 1.53. The van der Waals surface area contributed by atoms with Crippen molar-refractivity contribution in [1.82, 2.24) is 0 Å². The SMILES string of the molecule is CC(C)(C)Oc1cc(C(N)=O)ccc1OC1CC1. The van der Waals surface area contributed by atoms with Crippen molar-refractivity contribution >= 4 is 5.91 Å². The van der Waals surface area contributed by atoms with Gasteiger partial charge in [-0.15, -0.1) is 0 Å². The second kappa shape index (κ2) is 4.52. The average Bonchev–Trinajstić information content (AvgIpc) is 3.02. The number of rotatable bonds is 4. The minimum atomic E-state index is -0.466. The van der Waals surface area contributed by atoms with Gasteiger partial charge < -0.3 is 15.2 Å². The van der Waals surface area contributed by atoms with Gasteiger partial charge in [0.15, 0.2) is 11.5 Å². The number of ether oxygens (including phenoxy) is 2. The van der Waals surface area contributed by atoms with Gasteiger partial charge >= 0.3 is 0 Å². The zero-order valence-corrected chi connectivity index (χ0v) is 11.0. The molecule has 2 N–H and O–H groups in total. The predicted molar refractivity (Wildman–Crippen MR) is 69.0 cm³/mol. The number of hydrogen-bond acceptors (Lipinski definition) is 3. The Hall–Kier alpha value is -1.71. The highest BCUT2D eigenvalue weighted by atomic mass is 16.5. The largest absolute Gasteiger partial charge is 0.487 e. The first-order valence-electron chi connectivity index (χ1n) is 6.15. The molecule has 0 saturated heterocycles. The van der Waals surface area contributed by atoms with Gasteiger partial charge in [0.25, 0.3) is 0 Å². The molecule has 1 aromatic carbocycles. The van der Waals surface area contributed by atoms with Crippen molar-refractivity contribution in [3.63, 3.8) is 0 Å². The van der Waals surface area contributed by atoms with Gasteiger partial charge in [-0.2, -0.15) is 0 Å².